The zero-order chi connectivity index (χ0) is 35.3. The van der Waals surface area contributed by atoms with E-state index in [9.17, 15) is 0 Å². The van der Waals surface area contributed by atoms with Gasteiger partial charge in [-0.1, -0.05) is 146 Å². The fraction of sp³-hybridized carbons (Fsp3) is 0. The van der Waals surface area contributed by atoms with E-state index < -0.39 is 0 Å². The van der Waals surface area contributed by atoms with Gasteiger partial charge < -0.3 is 8.83 Å². The lowest BCUT2D eigenvalue weighted by Gasteiger charge is -2.18. The SMILES string of the molecule is c1ccc(-c2c3ccccc3c(-c3ccc4cc(-c5cc6c7ccccc7oc6c6c5oc5cc7ccccc7cc56)ccc4c3)c3ccccc23)cc1. The summed E-state index contributed by atoms with van der Waals surface area (Å²) in [6.45, 7) is 0. The highest BCUT2D eigenvalue weighted by Gasteiger charge is 2.22. The average molecular weight is 687 g/mol. The first kappa shape index (κ1) is 29.4. The summed E-state index contributed by atoms with van der Waals surface area (Å²) < 4.78 is 13.4. The molecule has 0 amide bonds. The summed E-state index contributed by atoms with van der Waals surface area (Å²) in [5.41, 5.74) is 10.6. The van der Waals surface area contributed by atoms with E-state index in [-0.39, 0.29) is 0 Å². The normalized spacial score (nSPS) is 12.1. The van der Waals surface area contributed by atoms with Gasteiger partial charge in [-0.3, -0.25) is 0 Å². The van der Waals surface area contributed by atoms with Crippen molar-refractivity contribution < 1.29 is 8.83 Å². The van der Waals surface area contributed by atoms with Crippen molar-refractivity contribution in [2.75, 3.05) is 0 Å². The molecule has 0 aliphatic heterocycles. The van der Waals surface area contributed by atoms with Gasteiger partial charge in [0.15, 0.2) is 0 Å². The minimum atomic E-state index is 0.847. The van der Waals surface area contributed by atoms with Gasteiger partial charge in [-0.15, -0.1) is 0 Å². The molecule has 0 N–H and O–H groups in total. The van der Waals surface area contributed by atoms with Gasteiger partial charge in [-0.2, -0.15) is 0 Å². The molecule has 0 spiro atoms. The molecule has 0 aliphatic rings. The minimum Gasteiger partial charge on any atom is -0.455 e. The van der Waals surface area contributed by atoms with Crippen LogP contribution in [0.15, 0.2) is 191 Å². The van der Waals surface area contributed by atoms with Crippen LogP contribution in [-0.4, -0.2) is 0 Å². The minimum absolute atomic E-state index is 0.847. The molecule has 12 aromatic rings. The molecular formula is C52H30O2. The fourth-order valence-electron chi connectivity index (χ4n) is 8.94. The fourth-order valence-corrected chi connectivity index (χ4v) is 8.94. The van der Waals surface area contributed by atoms with Gasteiger partial charge in [0, 0.05) is 21.7 Å². The molecule has 0 radical (unpaired) electrons. The highest BCUT2D eigenvalue weighted by molar-refractivity contribution is 6.27. The molecule has 12 rings (SSSR count). The summed E-state index contributed by atoms with van der Waals surface area (Å²) in [6, 6.07) is 65.6. The van der Waals surface area contributed by atoms with Gasteiger partial charge >= 0.3 is 0 Å². The standard InChI is InChI=1S/C52H30O2/c1-2-12-31(13-3-1)48-39-17-6-8-19-41(39)49(42-20-9-7-18-40(42)48)37-25-23-34-26-36(24-22-35(34)27-37)43-30-44-38-16-10-11-21-46(38)53-52(44)50-45-28-32-14-4-5-15-33(32)29-47(45)54-51(43)50/h1-30H. The van der Waals surface area contributed by atoms with Crippen LogP contribution >= 0.6 is 0 Å². The van der Waals surface area contributed by atoms with E-state index in [0.29, 0.717) is 0 Å². The van der Waals surface area contributed by atoms with Crippen molar-refractivity contribution in [3.63, 3.8) is 0 Å². The Balaban J connectivity index is 1.08. The summed E-state index contributed by atoms with van der Waals surface area (Å²) in [5, 5.41) is 14.0. The van der Waals surface area contributed by atoms with E-state index in [1.165, 1.54) is 60.0 Å². The number of furan rings is 2. The first-order valence-corrected chi connectivity index (χ1v) is 18.5. The highest BCUT2D eigenvalue weighted by atomic mass is 16.3. The third kappa shape index (κ3) is 4.22. The Bertz CT molecular complexity index is 3430. The molecule has 54 heavy (non-hydrogen) atoms. The van der Waals surface area contributed by atoms with E-state index in [0.717, 1.165) is 60.4 Å². The van der Waals surface area contributed by atoms with Crippen LogP contribution in [0.25, 0.3) is 120 Å². The summed E-state index contributed by atoms with van der Waals surface area (Å²) in [5.74, 6) is 0. The van der Waals surface area contributed by atoms with Crippen molar-refractivity contribution in [1.82, 2.24) is 0 Å². The number of hydrogen-bond donors (Lipinski definition) is 0. The van der Waals surface area contributed by atoms with Gasteiger partial charge in [0.1, 0.15) is 22.3 Å². The predicted octanol–water partition coefficient (Wildman–Crippen LogP) is 15.1. The monoisotopic (exact) mass is 686 g/mol. The molecule has 0 saturated heterocycles. The van der Waals surface area contributed by atoms with Crippen LogP contribution in [-0.2, 0) is 0 Å². The van der Waals surface area contributed by atoms with E-state index in [1.54, 1.807) is 0 Å². The van der Waals surface area contributed by atoms with Crippen LogP contribution in [0.4, 0.5) is 0 Å². The molecule has 2 heterocycles. The average Bonchev–Trinajstić information content (AvgIpc) is 3.79. The van der Waals surface area contributed by atoms with Crippen molar-refractivity contribution in [1.29, 1.82) is 0 Å². The van der Waals surface area contributed by atoms with E-state index in [4.69, 9.17) is 8.83 Å². The second-order valence-corrected chi connectivity index (χ2v) is 14.4. The Hall–Kier alpha value is -7.16. The Kier molecular flexibility index (Phi) is 6.09. The maximum atomic E-state index is 6.80. The molecule has 250 valence electrons. The molecule has 0 fully saturated rings. The van der Waals surface area contributed by atoms with Crippen molar-refractivity contribution in [2.24, 2.45) is 0 Å². The number of benzene rings is 10. The van der Waals surface area contributed by atoms with Crippen LogP contribution in [0.3, 0.4) is 0 Å². The lowest BCUT2D eigenvalue weighted by atomic mass is 9.85. The third-order valence-electron chi connectivity index (χ3n) is 11.4. The number of para-hydroxylation sites is 1. The second kappa shape index (κ2) is 11.2. The van der Waals surface area contributed by atoms with Gasteiger partial charge in [0.05, 0.1) is 5.39 Å². The lowest BCUT2D eigenvalue weighted by Crippen LogP contribution is -1.91. The zero-order valence-electron chi connectivity index (χ0n) is 29.1. The Morgan fingerprint density at radius 3 is 1.50 bits per heavy atom. The predicted molar refractivity (Wildman–Crippen MR) is 227 cm³/mol. The number of rotatable bonds is 3. The molecule has 2 heteroatoms. The van der Waals surface area contributed by atoms with Gasteiger partial charge in [0.2, 0.25) is 0 Å². The molecule has 0 saturated carbocycles. The molecule has 0 aliphatic carbocycles. The summed E-state index contributed by atoms with van der Waals surface area (Å²) in [7, 11) is 0. The van der Waals surface area contributed by atoms with Crippen molar-refractivity contribution >= 4 is 87.0 Å². The Morgan fingerprint density at radius 1 is 0.278 bits per heavy atom. The molecule has 2 aromatic heterocycles. The summed E-state index contributed by atoms with van der Waals surface area (Å²) in [4.78, 5) is 0. The molecule has 2 nitrogen and oxygen atoms in total. The second-order valence-electron chi connectivity index (χ2n) is 14.4. The summed E-state index contributed by atoms with van der Waals surface area (Å²) >= 11 is 0. The molecular weight excluding hydrogens is 657 g/mol. The van der Waals surface area contributed by atoms with E-state index in [1.807, 2.05) is 12.1 Å². The van der Waals surface area contributed by atoms with Crippen LogP contribution in [0.2, 0.25) is 0 Å². The lowest BCUT2D eigenvalue weighted by molar-refractivity contribution is 0.664. The molecule has 0 atom stereocenters. The Labute approximate surface area is 310 Å². The first-order chi connectivity index (χ1) is 26.8. The van der Waals surface area contributed by atoms with Gasteiger partial charge in [0.25, 0.3) is 0 Å². The highest BCUT2D eigenvalue weighted by Crippen LogP contribution is 2.47. The number of fused-ring (bicyclic) bond motifs is 11. The van der Waals surface area contributed by atoms with Crippen LogP contribution in [0.1, 0.15) is 0 Å². The maximum Gasteiger partial charge on any atom is 0.147 e. The maximum absolute atomic E-state index is 6.80. The van der Waals surface area contributed by atoms with Gasteiger partial charge in [-0.25, -0.2) is 0 Å². The van der Waals surface area contributed by atoms with Crippen LogP contribution in [0, 0.1) is 0 Å². The quantitative estimate of drug-likeness (QED) is 0.173. The molecule has 0 unspecified atom stereocenters. The van der Waals surface area contributed by atoms with Gasteiger partial charge in [-0.05, 0) is 107 Å². The van der Waals surface area contributed by atoms with E-state index in [2.05, 4.69) is 170 Å². The zero-order valence-corrected chi connectivity index (χ0v) is 29.1. The largest absolute Gasteiger partial charge is 0.455 e. The first-order valence-electron chi connectivity index (χ1n) is 18.5. The van der Waals surface area contributed by atoms with Crippen LogP contribution < -0.4 is 0 Å². The van der Waals surface area contributed by atoms with Crippen molar-refractivity contribution in [3.05, 3.63) is 182 Å². The Morgan fingerprint density at radius 2 is 0.796 bits per heavy atom. The van der Waals surface area contributed by atoms with Crippen LogP contribution in [0.5, 0.6) is 0 Å². The number of hydrogen-bond acceptors (Lipinski definition) is 2. The third-order valence-corrected chi connectivity index (χ3v) is 11.4. The summed E-state index contributed by atoms with van der Waals surface area (Å²) in [6.07, 6.45) is 0. The topological polar surface area (TPSA) is 26.3 Å². The van der Waals surface area contributed by atoms with Crippen molar-refractivity contribution in [2.45, 2.75) is 0 Å². The van der Waals surface area contributed by atoms with E-state index >= 15 is 0 Å². The molecule has 10 aromatic carbocycles. The van der Waals surface area contributed by atoms with Crippen molar-refractivity contribution in [3.8, 4) is 33.4 Å². The molecule has 0 bridgehead atoms. The smallest absolute Gasteiger partial charge is 0.147 e.